The fourth-order valence-electron chi connectivity index (χ4n) is 3.19. The first-order valence-electron chi connectivity index (χ1n) is 9.44. The quantitative estimate of drug-likeness (QED) is 0.384. The topological polar surface area (TPSA) is 68.0 Å². The molecule has 0 fully saturated rings. The molecule has 2 aromatic carbocycles. The molecule has 0 aliphatic rings. The number of nitrogens with zero attached hydrogens (tertiary/aromatic N) is 2. The highest BCUT2D eigenvalue weighted by atomic mass is 35.5. The number of pyridine rings is 1. The summed E-state index contributed by atoms with van der Waals surface area (Å²) in [6.07, 6.45) is -1.49. The van der Waals surface area contributed by atoms with E-state index in [0.717, 1.165) is 12.1 Å². The van der Waals surface area contributed by atoms with E-state index in [4.69, 9.17) is 16.1 Å². The van der Waals surface area contributed by atoms with Gasteiger partial charge in [-0.2, -0.15) is 13.2 Å². The van der Waals surface area contributed by atoms with Crippen LogP contribution in [0, 0.1) is 0 Å². The van der Waals surface area contributed by atoms with Crippen molar-refractivity contribution in [2.75, 3.05) is 5.32 Å². The van der Waals surface area contributed by atoms with Gasteiger partial charge in [-0.05, 0) is 41.5 Å². The van der Waals surface area contributed by atoms with Crippen LogP contribution in [0.4, 0.5) is 19.1 Å². The molecule has 0 spiro atoms. The van der Waals surface area contributed by atoms with Crippen LogP contribution in [0.3, 0.4) is 0 Å². The second-order valence-corrected chi connectivity index (χ2v) is 7.27. The Kier molecular flexibility index (Phi) is 5.96. The smallest absolute Gasteiger partial charge is 0.337 e. The summed E-state index contributed by atoms with van der Waals surface area (Å²) >= 11 is 6.12. The molecule has 4 aromatic rings. The summed E-state index contributed by atoms with van der Waals surface area (Å²) in [6.45, 7) is 0. The number of aromatic nitrogens is 2. The van der Waals surface area contributed by atoms with Crippen molar-refractivity contribution < 1.29 is 22.5 Å². The molecule has 1 N–H and O–H groups in total. The third-order valence-corrected chi connectivity index (χ3v) is 5.05. The first kappa shape index (κ1) is 21.6. The van der Waals surface area contributed by atoms with E-state index in [0.29, 0.717) is 21.7 Å². The maximum Gasteiger partial charge on any atom is 0.416 e. The van der Waals surface area contributed by atoms with E-state index in [1.165, 1.54) is 24.5 Å². The van der Waals surface area contributed by atoms with Crippen molar-refractivity contribution in [3.8, 4) is 22.4 Å². The van der Waals surface area contributed by atoms with Crippen molar-refractivity contribution in [3.05, 3.63) is 89.2 Å². The number of amides is 1. The number of hydrogen-bond acceptors (Lipinski definition) is 4. The summed E-state index contributed by atoms with van der Waals surface area (Å²) < 4.78 is 45.0. The molecule has 5 nitrogen and oxygen atoms in total. The number of hydrogen-bond donors (Lipinski definition) is 1. The van der Waals surface area contributed by atoms with E-state index >= 15 is 0 Å². The van der Waals surface area contributed by atoms with Crippen LogP contribution in [-0.4, -0.2) is 16.0 Å². The summed E-state index contributed by atoms with van der Waals surface area (Å²) in [6, 6.07) is 14.9. The molecule has 162 valence electrons. The zero-order valence-electron chi connectivity index (χ0n) is 16.4. The molecule has 0 aliphatic heterocycles. The number of nitrogens with one attached hydrogen (secondary N) is 1. The molecule has 0 radical (unpaired) electrons. The molecule has 32 heavy (non-hydrogen) atoms. The van der Waals surface area contributed by atoms with Gasteiger partial charge in [-0.3, -0.25) is 15.1 Å². The number of carbonyl (C=O) groups excluding carboxylic acids is 1. The van der Waals surface area contributed by atoms with E-state index in [1.54, 1.807) is 36.4 Å². The molecule has 0 atom stereocenters. The van der Waals surface area contributed by atoms with E-state index in [1.807, 2.05) is 0 Å². The van der Waals surface area contributed by atoms with Gasteiger partial charge in [-0.25, -0.2) is 0 Å². The largest absolute Gasteiger partial charge is 0.416 e. The maximum atomic E-state index is 13.2. The lowest BCUT2D eigenvalue weighted by molar-refractivity contribution is -0.137. The van der Waals surface area contributed by atoms with Crippen LogP contribution in [0.25, 0.3) is 22.4 Å². The summed E-state index contributed by atoms with van der Waals surface area (Å²) in [5, 5.41) is 7.05. The van der Waals surface area contributed by atoms with Crippen LogP contribution < -0.4 is 5.32 Å². The number of benzene rings is 2. The highest BCUT2D eigenvalue weighted by Gasteiger charge is 2.31. The van der Waals surface area contributed by atoms with Gasteiger partial charge in [0.2, 0.25) is 11.8 Å². The second kappa shape index (κ2) is 8.84. The number of halogens is 4. The lowest BCUT2D eigenvalue weighted by Gasteiger charge is -2.09. The fourth-order valence-corrected chi connectivity index (χ4v) is 3.39. The maximum absolute atomic E-state index is 13.2. The van der Waals surface area contributed by atoms with E-state index in [9.17, 15) is 18.0 Å². The van der Waals surface area contributed by atoms with Gasteiger partial charge in [-0.1, -0.05) is 47.1 Å². The van der Waals surface area contributed by atoms with Crippen LogP contribution in [-0.2, 0) is 17.4 Å². The molecule has 4 rings (SSSR count). The number of carbonyl (C=O) groups is 1. The molecule has 1 amide bonds. The highest BCUT2D eigenvalue weighted by Crippen LogP contribution is 2.39. The summed E-state index contributed by atoms with van der Waals surface area (Å²) in [7, 11) is 0. The van der Waals surface area contributed by atoms with E-state index in [2.05, 4.69) is 15.5 Å². The zero-order valence-corrected chi connectivity index (χ0v) is 17.1. The normalized spacial score (nSPS) is 11.4. The predicted molar refractivity (Wildman–Crippen MR) is 114 cm³/mol. The number of anilines is 1. The third-order valence-electron chi connectivity index (χ3n) is 4.69. The van der Waals surface area contributed by atoms with Gasteiger partial charge in [0, 0.05) is 23.0 Å². The molecule has 2 aromatic heterocycles. The lowest BCUT2D eigenvalue weighted by atomic mass is 10.00. The van der Waals surface area contributed by atoms with Gasteiger partial charge in [0.15, 0.2) is 0 Å². The minimum Gasteiger partial charge on any atom is -0.337 e. The minimum atomic E-state index is -4.51. The monoisotopic (exact) mass is 457 g/mol. The van der Waals surface area contributed by atoms with Crippen molar-refractivity contribution in [1.82, 2.24) is 10.1 Å². The second-order valence-electron chi connectivity index (χ2n) is 6.87. The Labute approximate surface area is 185 Å². The molecule has 9 heteroatoms. The summed E-state index contributed by atoms with van der Waals surface area (Å²) in [5.41, 5.74) is 1.08. The number of alkyl halides is 3. The third kappa shape index (κ3) is 4.65. The van der Waals surface area contributed by atoms with E-state index < -0.39 is 17.6 Å². The van der Waals surface area contributed by atoms with Gasteiger partial charge in [0.05, 0.1) is 17.5 Å². The van der Waals surface area contributed by atoms with Crippen molar-refractivity contribution >= 4 is 23.4 Å². The number of rotatable bonds is 5. The Morgan fingerprint density at radius 2 is 1.75 bits per heavy atom. The molecule has 0 aliphatic carbocycles. The minimum absolute atomic E-state index is 0.0145. The molecule has 0 bridgehead atoms. The van der Waals surface area contributed by atoms with Crippen LogP contribution in [0.15, 0.2) is 77.6 Å². The zero-order chi connectivity index (χ0) is 22.7. The van der Waals surface area contributed by atoms with Gasteiger partial charge in [-0.15, -0.1) is 0 Å². The summed E-state index contributed by atoms with van der Waals surface area (Å²) in [4.78, 5) is 16.6. The van der Waals surface area contributed by atoms with Gasteiger partial charge in [0.25, 0.3) is 0 Å². The van der Waals surface area contributed by atoms with Crippen molar-refractivity contribution in [1.29, 1.82) is 0 Å². The highest BCUT2D eigenvalue weighted by molar-refractivity contribution is 6.31. The van der Waals surface area contributed by atoms with Gasteiger partial charge in [0.1, 0.15) is 5.69 Å². The Hall–Kier alpha value is -3.65. The average molecular weight is 458 g/mol. The fraction of sp³-hybridized carbons (Fsp3) is 0.0870. The van der Waals surface area contributed by atoms with Crippen LogP contribution in [0.5, 0.6) is 0 Å². The van der Waals surface area contributed by atoms with Gasteiger partial charge < -0.3 is 4.52 Å². The SMILES string of the molecule is O=C(Cc1ccccc1Cl)Nc1onc(-c2cccc(C(F)(F)F)c2)c1-c1ccncc1. The Bertz CT molecular complexity index is 1260. The lowest BCUT2D eigenvalue weighted by Crippen LogP contribution is -2.14. The van der Waals surface area contributed by atoms with E-state index in [-0.39, 0.29) is 23.6 Å². The van der Waals surface area contributed by atoms with Crippen molar-refractivity contribution in [2.45, 2.75) is 12.6 Å². The van der Waals surface area contributed by atoms with Crippen LogP contribution in [0.1, 0.15) is 11.1 Å². The Morgan fingerprint density at radius 1 is 1.00 bits per heavy atom. The van der Waals surface area contributed by atoms with Crippen LogP contribution in [0.2, 0.25) is 5.02 Å². The molecular formula is C23H15ClF3N3O2. The first-order valence-corrected chi connectivity index (χ1v) is 9.81. The molecule has 0 unspecified atom stereocenters. The standard InChI is InChI=1S/C23H15ClF3N3O2/c24-18-7-2-1-4-15(18)13-19(31)29-22-20(14-8-10-28-11-9-14)21(30-32-22)16-5-3-6-17(12-16)23(25,26)27/h1-12H,13H2,(H,29,31). The average Bonchev–Trinajstić information content (AvgIpc) is 3.19. The molecular weight excluding hydrogens is 443 g/mol. The van der Waals surface area contributed by atoms with Crippen molar-refractivity contribution in [2.24, 2.45) is 0 Å². The molecule has 2 heterocycles. The van der Waals surface area contributed by atoms with Crippen LogP contribution >= 0.6 is 11.6 Å². The summed E-state index contributed by atoms with van der Waals surface area (Å²) in [5.74, 6) is -0.402. The first-order chi connectivity index (χ1) is 15.3. The van der Waals surface area contributed by atoms with Gasteiger partial charge >= 0.3 is 6.18 Å². The Morgan fingerprint density at radius 3 is 2.47 bits per heavy atom. The molecule has 0 saturated heterocycles. The Balaban J connectivity index is 1.72. The predicted octanol–water partition coefficient (Wildman–Crippen LogP) is 6.26. The molecule has 0 saturated carbocycles. The van der Waals surface area contributed by atoms with Crippen molar-refractivity contribution in [3.63, 3.8) is 0 Å².